The van der Waals surface area contributed by atoms with Crippen LogP contribution in [0.15, 0.2) is 54.6 Å². The third-order valence-electron chi connectivity index (χ3n) is 3.03. The number of carbonyl (C=O) groups excluding carboxylic acids is 1. The van der Waals surface area contributed by atoms with Crippen LogP contribution >= 0.6 is 0 Å². The molecule has 5 heteroatoms. The highest BCUT2D eigenvalue weighted by molar-refractivity contribution is 5.95. The van der Waals surface area contributed by atoms with Crippen LogP contribution in [0.25, 0.3) is 0 Å². The van der Waals surface area contributed by atoms with E-state index in [1.165, 1.54) is 24.3 Å². The Bertz CT molecular complexity index is 624. The van der Waals surface area contributed by atoms with Crippen molar-refractivity contribution in [1.82, 2.24) is 0 Å². The molecule has 0 unspecified atom stereocenters. The summed E-state index contributed by atoms with van der Waals surface area (Å²) in [6.07, 6.45) is 0.444. The first-order chi connectivity index (χ1) is 10.1. The molecule has 2 aromatic rings. The Morgan fingerprint density at radius 2 is 1.67 bits per heavy atom. The fraction of sp³-hybridized carbons (Fsp3) is 0.125. The van der Waals surface area contributed by atoms with Crippen LogP contribution in [0.2, 0.25) is 0 Å². The van der Waals surface area contributed by atoms with E-state index in [-0.39, 0.29) is 11.5 Å². The Hall–Kier alpha value is -2.66. The SMILES string of the molecule is N[C@@H](Cc1ccccc1)C(=O)Nc1ccc(C(=O)O)cc1. The van der Waals surface area contributed by atoms with E-state index in [0.717, 1.165) is 5.56 Å². The summed E-state index contributed by atoms with van der Waals surface area (Å²) in [5.74, 6) is -1.31. The van der Waals surface area contributed by atoms with Gasteiger partial charge in [0.2, 0.25) is 5.91 Å². The van der Waals surface area contributed by atoms with Crippen molar-refractivity contribution in [2.75, 3.05) is 5.32 Å². The second-order valence-electron chi connectivity index (χ2n) is 4.67. The minimum atomic E-state index is -1.01. The molecule has 0 bridgehead atoms. The first-order valence-electron chi connectivity index (χ1n) is 6.50. The summed E-state index contributed by atoms with van der Waals surface area (Å²) in [7, 11) is 0. The summed E-state index contributed by atoms with van der Waals surface area (Å²) in [5, 5.41) is 11.5. The Labute approximate surface area is 122 Å². The van der Waals surface area contributed by atoms with E-state index < -0.39 is 12.0 Å². The van der Waals surface area contributed by atoms with Crippen LogP contribution in [0.1, 0.15) is 15.9 Å². The lowest BCUT2D eigenvalue weighted by Crippen LogP contribution is -2.37. The molecule has 21 heavy (non-hydrogen) atoms. The van der Waals surface area contributed by atoms with Crippen molar-refractivity contribution < 1.29 is 14.7 Å². The maximum absolute atomic E-state index is 12.0. The maximum atomic E-state index is 12.0. The van der Waals surface area contributed by atoms with Gasteiger partial charge in [0.05, 0.1) is 11.6 Å². The highest BCUT2D eigenvalue weighted by atomic mass is 16.4. The van der Waals surface area contributed by atoms with Gasteiger partial charge in [-0.05, 0) is 36.2 Å². The van der Waals surface area contributed by atoms with E-state index in [1.807, 2.05) is 30.3 Å². The molecule has 2 aromatic carbocycles. The number of anilines is 1. The summed E-state index contributed by atoms with van der Waals surface area (Å²) in [5.41, 5.74) is 7.55. The first-order valence-corrected chi connectivity index (χ1v) is 6.50. The van der Waals surface area contributed by atoms with Gasteiger partial charge in [-0.2, -0.15) is 0 Å². The molecule has 2 rings (SSSR count). The number of nitrogens with one attached hydrogen (secondary N) is 1. The van der Waals surface area contributed by atoms with E-state index in [1.54, 1.807) is 0 Å². The Morgan fingerprint density at radius 1 is 1.05 bits per heavy atom. The highest BCUT2D eigenvalue weighted by Gasteiger charge is 2.14. The van der Waals surface area contributed by atoms with Crippen LogP contribution in [0.3, 0.4) is 0 Å². The molecule has 0 saturated heterocycles. The predicted octanol–water partition coefficient (Wildman–Crippen LogP) is 1.89. The zero-order valence-electron chi connectivity index (χ0n) is 11.3. The van der Waals surface area contributed by atoms with Crippen LogP contribution in [-0.2, 0) is 11.2 Å². The molecule has 0 radical (unpaired) electrons. The third kappa shape index (κ3) is 4.15. The Kier molecular flexibility index (Phi) is 4.68. The summed E-state index contributed by atoms with van der Waals surface area (Å²) < 4.78 is 0. The smallest absolute Gasteiger partial charge is 0.335 e. The van der Waals surface area contributed by atoms with E-state index >= 15 is 0 Å². The van der Waals surface area contributed by atoms with E-state index in [0.29, 0.717) is 12.1 Å². The van der Waals surface area contributed by atoms with Gasteiger partial charge in [-0.3, -0.25) is 4.79 Å². The minimum absolute atomic E-state index is 0.168. The number of aromatic carboxylic acids is 1. The van der Waals surface area contributed by atoms with Gasteiger partial charge in [0.15, 0.2) is 0 Å². The summed E-state index contributed by atoms with van der Waals surface area (Å²) in [6, 6.07) is 14.8. The summed E-state index contributed by atoms with van der Waals surface area (Å²) >= 11 is 0. The standard InChI is InChI=1S/C16H16N2O3/c17-14(10-11-4-2-1-3-5-11)15(19)18-13-8-6-12(7-9-13)16(20)21/h1-9,14H,10,17H2,(H,18,19)(H,20,21)/t14-/m0/s1. The van der Waals surface area contributed by atoms with Crippen molar-refractivity contribution >= 4 is 17.6 Å². The zero-order valence-corrected chi connectivity index (χ0v) is 11.3. The van der Waals surface area contributed by atoms with Gasteiger partial charge in [0.1, 0.15) is 0 Å². The zero-order chi connectivity index (χ0) is 15.2. The average Bonchev–Trinajstić information content (AvgIpc) is 2.48. The average molecular weight is 284 g/mol. The molecule has 1 atom stereocenters. The molecule has 5 nitrogen and oxygen atoms in total. The van der Waals surface area contributed by atoms with Crippen molar-refractivity contribution in [2.24, 2.45) is 5.73 Å². The molecule has 0 aliphatic heterocycles. The number of rotatable bonds is 5. The lowest BCUT2D eigenvalue weighted by atomic mass is 10.1. The molecule has 0 spiro atoms. The quantitative estimate of drug-likeness (QED) is 0.781. The molecule has 0 aromatic heterocycles. The van der Waals surface area contributed by atoms with E-state index in [9.17, 15) is 9.59 Å². The van der Waals surface area contributed by atoms with Gasteiger partial charge in [-0.15, -0.1) is 0 Å². The number of carboxylic acid groups (broad SMARTS) is 1. The molecular formula is C16H16N2O3. The van der Waals surface area contributed by atoms with Crippen molar-refractivity contribution in [2.45, 2.75) is 12.5 Å². The van der Waals surface area contributed by atoms with Crippen LogP contribution in [0, 0.1) is 0 Å². The fourth-order valence-electron chi connectivity index (χ4n) is 1.89. The number of hydrogen-bond acceptors (Lipinski definition) is 3. The Morgan fingerprint density at radius 3 is 2.24 bits per heavy atom. The molecule has 0 aliphatic rings. The van der Waals surface area contributed by atoms with Crippen LogP contribution in [-0.4, -0.2) is 23.0 Å². The lowest BCUT2D eigenvalue weighted by Gasteiger charge is -2.12. The fourth-order valence-corrected chi connectivity index (χ4v) is 1.89. The summed E-state index contributed by atoms with van der Waals surface area (Å²) in [4.78, 5) is 22.7. The normalized spacial score (nSPS) is 11.7. The number of benzene rings is 2. The predicted molar refractivity (Wildman–Crippen MR) is 80.2 cm³/mol. The lowest BCUT2D eigenvalue weighted by molar-refractivity contribution is -0.117. The van der Waals surface area contributed by atoms with Gasteiger partial charge in [-0.1, -0.05) is 30.3 Å². The molecule has 0 heterocycles. The van der Waals surface area contributed by atoms with Crippen LogP contribution in [0.4, 0.5) is 5.69 Å². The molecule has 108 valence electrons. The van der Waals surface area contributed by atoms with Gasteiger partial charge in [0.25, 0.3) is 0 Å². The van der Waals surface area contributed by atoms with Crippen LogP contribution in [0.5, 0.6) is 0 Å². The highest BCUT2D eigenvalue weighted by Crippen LogP contribution is 2.10. The van der Waals surface area contributed by atoms with Gasteiger partial charge in [0, 0.05) is 5.69 Å². The Balaban J connectivity index is 1.95. The van der Waals surface area contributed by atoms with Crippen molar-refractivity contribution in [3.8, 4) is 0 Å². The molecule has 0 aliphatic carbocycles. The van der Waals surface area contributed by atoms with Crippen LogP contribution < -0.4 is 11.1 Å². The topological polar surface area (TPSA) is 92.4 Å². The van der Waals surface area contributed by atoms with E-state index in [4.69, 9.17) is 10.8 Å². The summed E-state index contributed by atoms with van der Waals surface area (Å²) in [6.45, 7) is 0. The second-order valence-corrected chi connectivity index (χ2v) is 4.67. The van der Waals surface area contributed by atoms with Gasteiger partial charge in [-0.25, -0.2) is 4.79 Å². The largest absolute Gasteiger partial charge is 0.478 e. The van der Waals surface area contributed by atoms with Crippen molar-refractivity contribution in [1.29, 1.82) is 0 Å². The third-order valence-corrected chi connectivity index (χ3v) is 3.03. The number of carbonyl (C=O) groups is 2. The van der Waals surface area contributed by atoms with Crippen molar-refractivity contribution in [3.63, 3.8) is 0 Å². The minimum Gasteiger partial charge on any atom is -0.478 e. The molecule has 1 amide bonds. The van der Waals surface area contributed by atoms with Crippen molar-refractivity contribution in [3.05, 3.63) is 65.7 Å². The monoisotopic (exact) mass is 284 g/mol. The van der Waals surface area contributed by atoms with E-state index in [2.05, 4.69) is 5.32 Å². The van der Waals surface area contributed by atoms with Gasteiger partial charge < -0.3 is 16.2 Å². The number of hydrogen-bond donors (Lipinski definition) is 3. The molecule has 0 fully saturated rings. The number of carboxylic acids is 1. The maximum Gasteiger partial charge on any atom is 0.335 e. The number of nitrogens with two attached hydrogens (primary N) is 1. The molecular weight excluding hydrogens is 268 g/mol. The second kappa shape index (κ2) is 6.67. The first kappa shape index (κ1) is 14.7. The van der Waals surface area contributed by atoms with Gasteiger partial charge >= 0.3 is 5.97 Å². The molecule has 4 N–H and O–H groups in total. The molecule has 0 saturated carbocycles. The number of amides is 1.